The standard InChI is InChI=1S/C16H13Cl2N5O2/c1-22-7-9(5-6-13(22)24)20-12-8-23(21-14(12)16(19)25)15-10(17)3-2-4-11(15)18/h2-8,20H,1H3,(H2,19,25). The van der Waals surface area contributed by atoms with Gasteiger partial charge in [-0.25, -0.2) is 4.68 Å². The molecule has 1 amide bonds. The zero-order chi connectivity index (χ0) is 18.1. The van der Waals surface area contributed by atoms with Crippen LogP contribution in [0, 0.1) is 0 Å². The Balaban J connectivity index is 2.08. The fraction of sp³-hybridized carbons (Fsp3) is 0.0625. The molecule has 3 aromatic rings. The van der Waals surface area contributed by atoms with E-state index in [1.807, 2.05) is 0 Å². The molecule has 0 bridgehead atoms. The van der Waals surface area contributed by atoms with Gasteiger partial charge < -0.3 is 15.6 Å². The van der Waals surface area contributed by atoms with E-state index in [0.717, 1.165) is 0 Å². The largest absolute Gasteiger partial charge is 0.364 e. The summed E-state index contributed by atoms with van der Waals surface area (Å²) in [4.78, 5) is 23.2. The van der Waals surface area contributed by atoms with Crippen LogP contribution in [0.15, 0.2) is 47.5 Å². The first kappa shape index (κ1) is 17.1. The predicted molar refractivity (Wildman–Crippen MR) is 97.1 cm³/mol. The molecule has 25 heavy (non-hydrogen) atoms. The number of carbonyl (C=O) groups is 1. The molecular formula is C16H13Cl2N5O2. The van der Waals surface area contributed by atoms with Crippen LogP contribution in [0.4, 0.5) is 11.4 Å². The number of benzene rings is 1. The summed E-state index contributed by atoms with van der Waals surface area (Å²) in [6.45, 7) is 0. The first-order valence-corrected chi connectivity index (χ1v) is 7.90. The molecule has 0 atom stereocenters. The number of para-hydroxylation sites is 1. The molecule has 0 unspecified atom stereocenters. The lowest BCUT2D eigenvalue weighted by molar-refractivity contribution is 0.0996. The zero-order valence-corrected chi connectivity index (χ0v) is 14.5. The van der Waals surface area contributed by atoms with Crippen LogP contribution in [0.1, 0.15) is 10.5 Å². The Morgan fingerprint density at radius 3 is 2.44 bits per heavy atom. The number of aryl methyl sites for hydroxylation is 1. The van der Waals surface area contributed by atoms with E-state index in [9.17, 15) is 9.59 Å². The Bertz CT molecular complexity index is 1010. The summed E-state index contributed by atoms with van der Waals surface area (Å²) in [6, 6.07) is 8.02. The Morgan fingerprint density at radius 2 is 1.84 bits per heavy atom. The summed E-state index contributed by atoms with van der Waals surface area (Å²) in [6.07, 6.45) is 3.14. The van der Waals surface area contributed by atoms with Gasteiger partial charge in [0, 0.05) is 19.3 Å². The third-order valence-electron chi connectivity index (χ3n) is 3.48. The Hall–Kier alpha value is -2.77. The summed E-state index contributed by atoms with van der Waals surface area (Å²) in [5, 5.41) is 7.95. The van der Waals surface area contributed by atoms with Gasteiger partial charge in [-0.1, -0.05) is 29.3 Å². The van der Waals surface area contributed by atoms with Crippen molar-refractivity contribution in [2.45, 2.75) is 0 Å². The normalized spacial score (nSPS) is 10.7. The maximum atomic E-state index is 11.7. The van der Waals surface area contributed by atoms with Gasteiger partial charge in [0.2, 0.25) is 5.56 Å². The van der Waals surface area contributed by atoms with E-state index in [4.69, 9.17) is 28.9 Å². The third-order valence-corrected chi connectivity index (χ3v) is 4.09. The van der Waals surface area contributed by atoms with Crippen LogP contribution in [0.25, 0.3) is 5.69 Å². The second kappa shape index (κ2) is 6.62. The van der Waals surface area contributed by atoms with Crippen molar-refractivity contribution in [1.29, 1.82) is 0 Å². The molecule has 0 aliphatic heterocycles. The van der Waals surface area contributed by atoms with Gasteiger partial charge in [-0.2, -0.15) is 5.10 Å². The molecule has 0 fully saturated rings. The van der Waals surface area contributed by atoms with E-state index in [0.29, 0.717) is 27.1 Å². The minimum absolute atomic E-state index is 0.0184. The maximum absolute atomic E-state index is 11.7. The number of rotatable bonds is 4. The summed E-state index contributed by atoms with van der Waals surface area (Å²) in [5.74, 6) is -0.714. The first-order chi connectivity index (χ1) is 11.9. The Morgan fingerprint density at radius 1 is 1.16 bits per heavy atom. The Kier molecular flexibility index (Phi) is 4.52. The minimum Gasteiger partial charge on any atom is -0.364 e. The second-order valence-electron chi connectivity index (χ2n) is 5.26. The highest BCUT2D eigenvalue weighted by Gasteiger charge is 2.18. The lowest BCUT2D eigenvalue weighted by Crippen LogP contribution is -2.16. The number of halogens is 2. The number of carbonyl (C=O) groups excluding carboxylic acids is 1. The highest BCUT2D eigenvalue weighted by molar-refractivity contribution is 6.37. The minimum atomic E-state index is -0.714. The molecule has 2 heterocycles. The average molecular weight is 378 g/mol. The molecule has 0 spiro atoms. The van der Waals surface area contributed by atoms with E-state index < -0.39 is 5.91 Å². The van der Waals surface area contributed by atoms with Crippen molar-refractivity contribution in [3.63, 3.8) is 0 Å². The number of hydrogen-bond acceptors (Lipinski definition) is 4. The van der Waals surface area contributed by atoms with Gasteiger partial charge in [0.15, 0.2) is 5.69 Å². The van der Waals surface area contributed by atoms with Crippen LogP contribution >= 0.6 is 23.2 Å². The van der Waals surface area contributed by atoms with Crippen LogP contribution in [0.5, 0.6) is 0 Å². The molecule has 1 aromatic carbocycles. The van der Waals surface area contributed by atoms with Crippen molar-refractivity contribution in [2.24, 2.45) is 12.8 Å². The fourth-order valence-electron chi connectivity index (χ4n) is 2.29. The summed E-state index contributed by atoms with van der Waals surface area (Å²) in [7, 11) is 1.62. The summed E-state index contributed by atoms with van der Waals surface area (Å²) >= 11 is 12.4. The number of nitrogens with two attached hydrogens (primary N) is 1. The molecule has 0 radical (unpaired) electrons. The monoisotopic (exact) mass is 377 g/mol. The number of nitrogens with one attached hydrogen (secondary N) is 1. The van der Waals surface area contributed by atoms with E-state index in [1.165, 1.54) is 15.3 Å². The van der Waals surface area contributed by atoms with E-state index in [1.54, 1.807) is 43.7 Å². The fourth-order valence-corrected chi connectivity index (χ4v) is 2.86. The summed E-state index contributed by atoms with van der Waals surface area (Å²) < 4.78 is 2.79. The molecular weight excluding hydrogens is 365 g/mol. The number of anilines is 2. The number of hydrogen-bond donors (Lipinski definition) is 2. The quantitative estimate of drug-likeness (QED) is 0.730. The maximum Gasteiger partial charge on any atom is 0.271 e. The van der Waals surface area contributed by atoms with Crippen LogP contribution in [-0.4, -0.2) is 20.3 Å². The van der Waals surface area contributed by atoms with Crippen LogP contribution in [-0.2, 0) is 7.05 Å². The van der Waals surface area contributed by atoms with Gasteiger partial charge in [0.1, 0.15) is 5.69 Å². The number of primary amides is 1. The SMILES string of the molecule is Cn1cc(Nc2cn(-c3c(Cl)cccc3Cl)nc2C(N)=O)ccc1=O. The number of nitrogens with zero attached hydrogens (tertiary/aromatic N) is 3. The number of pyridine rings is 1. The van der Waals surface area contributed by atoms with Crippen LogP contribution < -0.4 is 16.6 Å². The highest BCUT2D eigenvalue weighted by atomic mass is 35.5. The van der Waals surface area contributed by atoms with E-state index in [-0.39, 0.29) is 11.3 Å². The van der Waals surface area contributed by atoms with E-state index >= 15 is 0 Å². The topological polar surface area (TPSA) is 94.9 Å². The van der Waals surface area contributed by atoms with Crippen LogP contribution in [0.3, 0.4) is 0 Å². The molecule has 7 nitrogen and oxygen atoms in total. The molecule has 0 aliphatic carbocycles. The average Bonchev–Trinajstić information content (AvgIpc) is 2.94. The molecule has 0 saturated carbocycles. The van der Waals surface area contributed by atoms with Crippen molar-refractivity contribution in [3.8, 4) is 5.69 Å². The van der Waals surface area contributed by atoms with Gasteiger partial charge in [-0.3, -0.25) is 9.59 Å². The molecule has 9 heteroatoms. The molecule has 3 rings (SSSR count). The van der Waals surface area contributed by atoms with E-state index in [2.05, 4.69) is 10.4 Å². The van der Waals surface area contributed by atoms with Crippen molar-refractivity contribution >= 4 is 40.5 Å². The van der Waals surface area contributed by atoms with Gasteiger partial charge in [0.25, 0.3) is 5.91 Å². The number of amides is 1. The van der Waals surface area contributed by atoms with Gasteiger partial charge >= 0.3 is 0 Å². The predicted octanol–water partition coefficient (Wildman–Crippen LogP) is 2.72. The third kappa shape index (κ3) is 3.38. The van der Waals surface area contributed by atoms with Crippen molar-refractivity contribution in [2.75, 3.05) is 5.32 Å². The highest BCUT2D eigenvalue weighted by Crippen LogP contribution is 2.30. The van der Waals surface area contributed by atoms with Gasteiger partial charge in [0.05, 0.1) is 27.6 Å². The molecule has 3 N–H and O–H groups in total. The second-order valence-corrected chi connectivity index (χ2v) is 6.08. The lowest BCUT2D eigenvalue weighted by atomic mass is 10.3. The molecule has 2 aromatic heterocycles. The zero-order valence-electron chi connectivity index (χ0n) is 13.0. The van der Waals surface area contributed by atoms with Crippen molar-refractivity contribution < 1.29 is 4.79 Å². The van der Waals surface area contributed by atoms with Crippen molar-refractivity contribution in [1.82, 2.24) is 14.3 Å². The van der Waals surface area contributed by atoms with Gasteiger partial charge in [-0.15, -0.1) is 0 Å². The molecule has 128 valence electrons. The molecule has 0 aliphatic rings. The Labute approximate surface area is 152 Å². The smallest absolute Gasteiger partial charge is 0.271 e. The van der Waals surface area contributed by atoms with Crippen LogP contribution in [0.2, 0.25) is 10.0 Å². The number of aromatic nitrogens is 3. The lowest BCUT2D eigenvalue weighted by Gasteiger charge is -2.07. The summed E-state index contributed by atoms with van der Waals surface area (Å²) in [5.41, 5.74) is 6.67. The first-order valence-electron chi connectivity index (χ1n) is 7.14. The van der Waals surface area contributed by atoms with Crippen molar-refractivity contribution in [3.05, 3.63) is 68.8 Å². The van der Waals surface area contributed by atoms with Gasteiger partial charge in [-0.05, 0) is 18.2 Å². The molecule has 0 saturated heterocycles.